The fourth-order valence-corrected chi connectivity index (χ4v) is 4.06. The first-order valence-corrected chi connectivity index (χ1v) is 10.9. The van der Waals surface area contributed by atoms with Crippen LogP contribution in [0.4, 0.5) is 0 Å². The molecule has 0 heterocycles. The van der Waals surface area contributed by atoms with Gasteiger partial charge in [0.15, 0.2) is 0 Å². The fourth-order valence-electron chi connectivity index (χ4n) is 3.20. The van der Waals surface area contributed by atoms with Gasteiger partial charge in [-0.05, 0) is 30.9 Å². The van der Waals surface area contributed by atoms with E-state index < -0.39 is 6.04 Å². The van der Waals surface area contributed by atoms with E-state index >= 15 is 0 Å². The lowest BCUT2D eigenvalue weighted by atomic mass is 10.1. The molecule has 4 nitrogen and oxygen atoms in total. The van der Waals surface area contributed by atoms with Crippen LogP contribution in [0, 0.1) is 6.92 Å². The van der Waals surface area contributed by atoms with E-state index in [4.69, 9.17) is 0 Å². The molecule has 1 N–H and O–H groups in total. The average Bonchev–Trinajstić information content (AvgIpc) is 2.71. The fraction of sp³-hybridized carbons (Fsp3) is 0.391. The van der Waals surface area contributed by atoms with Crippen LogP contribution in [0.15, 0.2) is 54.6 Å². The number of nitrogens with one attached hydrogen (secondary N) is 1. The van der Waals surface area contributed by atoms with Crippen molar-refractivity contribution in [3.05, 3.63) is 71.3 Å². The van der Waals surface area contributed by atoms with Crippen LogP contribution < -0.4 is 5.32 Å². The molecule has 28 heavy (non-hydrogen) atoms. The van der Waals surface area contributed by atoms with Crippen LogP contribution in [0.3, 0.4) is 0 Å². The molecule has 2 amide bonds. The number of likely N-dealkylation sites (N-methyl/N-ethyl adjacent to an activating group) is 1. The molecule has 0 aliphatic rings. The molecule has 0 aromatic heterocycles. The zero-order valence-electron chi connectivity index (χ0n) is 17.0. The van der Waals surface area contributed by atoms with Gasteiger partial charge in [0.1, 0.15) is 6.04 Å². The van der Waals surface area contributed by atoms with E-state index in [1.54, 1.807) is 23.7 Å². The first-order valence-electron chi connectivity index (χ1n) is 9.73. The Kier molecular flexibility index (Phi) is 9.08. The summed E-state index contributed by atoms with van der Waals surface area (Å²) in [6.07, 6.45) is 1.34. The third kappa shape index (κ3) is 6.71. The third-order valence-electron chi connectivity index (χ3n) is 4.69. The molecule has 0 bridgehead atoms. The molecule has 0 saturated carbocycles. The quantitative estimate of drug-likeness (QED) is 0.662. The van der Waals surface area contributed by atoms with Crippen LogP contribution in [0.2, 0.25) is 0 Å². The van der Waals surface area contributed by atoms with Gasteiger partial charge in [0.2, 0.25) is 11.8 Å². The summed E-state index contributed by atoms with van der Waals surface area (Å²) in [5, 5.41) is 2.70. The lowest BCUT2D eigenvalue weighted by Gasteiger charge is -2.30. The Morgan fingerprint density at radius 3 is 2.43 bits per heavy atom. The molecule has 2 aromatic rings. The Bertz CT molecular complexity index is 764. The molecular weight excluding hydrogens is 368 g/mol. The Hall–Kier alpha value is -2.27. The van der Waals surface area contributed by atoms with Crippen LogP contribution in [0.25, 0.3) is 0 Å². The van der Waals surface area contributed by atoms with Gasteiger partial charge in [0, 0.05) is 19.3 Å². The van der Waals surface area contributed by atoms with E-state index in [-0.39, 0.29) is 11.8 Å². The van der Waals surface area contributed by atoms with E-state index in [0.717, 1.165) is 12.2 Å². The molecular formula is C23H30N2O2S. The molecule has 0 aliphatic heterocycles. The number of aryl methyl sites for hydroxylation is 1. The minimum absolute atomic E-state index is 0.0176. The molecule has 2 rings (SSSR count). The predicted molar refractivity (Wildman–Crippen MR) is 117 cm³/mol. The second-order valence-corrected chi connectivity index (χ2v) is 7.83. The van der Waals surface area contributed by atoms with E-state index in [9.17, 15) is 9.59 Å². The van der Waals surface area contributed by atoms with Gasteiger partial charge in [-0.15, -0.1) is 11.8 Å². The lowest BCUT2D eigenvalue weighted by Crippen LogP contribution is -2.50. The van der Waals surface area contributed by atoms with Crippen LogP contribution in [0.5, 0.6) is 0 Å². The zero-order valence-corrected chi connectivity index (χ0v) is 17.8. The molecule has 0 unspecified atom stereocenters. The maximum atomic E-state index is 13.0. The number of carbonyl (C=O) groups is 2. The van der Waals surface area contributed by atoms with Crippen LogP contribution in [-0.4, -0.2) is 42.1 Å². The predicted octanol–water partition coefficient (Wildman–Crippen LogP) is 3.82. The Balaban J connectivity index is 2.01. The molecule has 0 spiro atoms. The van der Waals surface area contributed by atoms with Gasteiger partial charge < -0.3 is 10.2 Å². The number of amides is 2. The summed E-state index contributed by atoms with van der Waals surface area (Å²) in [4.78, 5) is 27.0. The monoisotopic (exact) mass is 398 g/mol. The highest BCUT2D eigenvalue weighted by Gasteiger charge is 2.27. The van der Waals surface area contributed by atoms with E-state index in [0.29, 0.717) is 18.7 Å². The summed E-state index contributed by atoms with van der Waals surface area (Å²) >= 11 is 1.60. The van der Waals surface area contributed by atoms with Crippen molar-refractivity contribution >= 4 is 23.6 Å². The highest BCUT2D eigenvalue weighted by atomic mass is 32.2. The summed E-state index contributed by atoms with van der Waals surface area (Å²) in [6.45, 7) is 4.56. The summed E-state index contributed by atoms with van der Waals surface area (Å²) in [5.41, 5.74) is 3.60. The van der Waals surface area contributed by atoms with Crippen molar-refractivity contribution in [3.63, 3.8) is 0 Å². The molecule has 150 valence electrons. The Morgan fingerprint density at radius 1 is 1.07 bits per heavy atom. The number of hydrogen-bond acceptors (Lipinski definition) is 3. The summed E-state index contributed by atoms with van der Waals surface area (Å²) in [6, 6.07) is 18.0. The van der Waals surface area contributed by atoms with Crippen molar-refractivity contribution in [1.29, 1.82) is 0 Å². The molecule has 5 heteroatoms. The van der Waals surface area contributed by atoms with Gasteiger partial charge >= 0.3 is 0 Å². The number of nitrogens with zero attached hydrogens (tertiary/aromatic N) is 1. The van der Waals surface area contributed by atoms with Crippen molar-refractivity contribution in [2.75, 3.05) is 19.3 Å². The number of thioether (sulfide) groups is 1. The topological polar surface area (TPSA) is 49.4 Å². The maximum absolute atomic E-state index is 13.0. The van der Waals surface area contributed by atoms with Crippen LogP contribution in [-0.2, 0) is 21.8 Å². The molecule has 1 atom stereocenters. The first kappa shape index (κ1) is 22.0. The summed E-state index contributed by atoms with van der Waals surface area (Å²) in [7, 11) is 1.62. The Morgan fingerprint density at radius 2 is 1.79 bits per heavy atom. The first-order chi connectivity index (χ1) is 13.5. The van der Waals surface area contributed by atoms with Gasteiger partial charge in [-0.3, -0.25) is 9.59 Å². The van der Waals surface area contributed by atoms with Crippen LogP contribution >= 0.6 is 11.8 Å². The molecule has 0 saturated heterocycles. The highest BCUT2D eigenvalue weighted by molar-refractivity contribution is 7.99. The largest absolute Gasteiger partial charge is 0.357 e. The standard InChI is InChI=1S/C23H30N2O2S/c1-4-21(23(27)24-3)25(14-13-19-10-6-5-7-11-19)22(26)17-28-16-20-12-8-9-18(2)15-20/h5-12,15,21H,4,13-14,16-17H2,1-3H3,(H,24,27)/t21-/m0/s1. The van der Waals surface area contributed by atoms with E-state index in [2.05, 4.69) is 42.6 Å². The molecule has 0 aliphatic carbocycles. The van der Waals surface area contributed by atoms with Crippen LogP contribution in [0.1, 0.15) is 30.0 Å². The maximum Gasteiger partial charge on any atom is 0.242 e. The second-order valence-electron chi connectivity index (χ2n) is 6.84. The van der Waals surface area contributed by atoms with E-state index in [1.807, 2.05) is 31.2 Å². The van der Waals surface area contributed by atoms with Crippen molar-refractivity contribution < 1.29 is 9.59 Å². The van der Waals surface area contributed by atoms with Gasteiger partial charge in [-0.1, -0.05) is 67.1 Å². The third-order valence-corrected chi connectivity index (χ3v) is 5.68. The summed E-state index contributed by atoms with van der Waals surface area (Å²) < 4.78 is 0. The normalized spacial score (nSPS) is 11.7. The van der Waals surface area contributed by atoms with Gasteiger partial charge in [-0.2, -0.15) is 0 Å². The lowest BCUT2D eigenvalue weighted by molar-refractivity contribution is -0.138. The van der Waals surface area contributed by atoms with Crippen molar-refractivity contribution in [2.24, 2.45) is 0 Å². The smallest absolute Gasteiger partial charge is 0.242 e. The second kappa shape index (κ2) is 11.5. The molecule has 0 fully saturated rings. The number of carbonyl (C=O) groups excluding carboxylic acids is 2. The number of hydrogen-bond donors (Lipinski definition) is 1. The highest BCUT2D eigenvalue weighted by Crippen LogP contribution is 2.16. The SMILES string of the molecule is CC[C@@H](C(=O)NC)N(CCc1ccccc1)C(=O)CSCc1cccc(C)c1. The van der Waals surface area contributed by atoms with Crippen molar-refractivity contribution in [1.82, 2.24) is 10.2 Å². The zero-order chi connectivity index (χ0) is 20.4. The van der Waals surface area contributed by atoms with Gasteiger partial charge in [0.05, 0.1) is 5.75 Å². The van der Waals surface area contributed by atoms with Gasteiger partial charge in [0.25, 0.3) is 0 Å². The van der Waals surface area contributed by atoms with Gasteiger partial charge in [-0.25, -0.2) is 0 Å². The minimum atomic E-state index is -0.430. The van der Waals surface area contributed by atoms with Crippen molar-refractivity contribution in [3.8, 4) is 0 Å². The average molecular weight is 399 g/mol. The Labute approximate surface area is 172 Å². The molecule has 2 aromatic carbocycles. The number of benzene rings is 2. The molecule has 0 radical (unpaired) electrons. The number of rotatable bonds is 10. The van der Waals surface area contributed by atoms with Crippen molar-refractivity contribution in [2.45, 2.75) is 38.5 Å². The summed E-state index contributed by atoms with van der Waals surface area (Å²) in [5.74, 6) is 1.07. The minimum Gasteiger partial charge on any atom is -0.357 e. The van der Waals surface area contributed by atoms with E-state index in [1.165, 1.54) is 16.7 Å².